The van der Waals surface area contributed by atoms with E-state index >= 15 is 0 Å². The van der Waals surface area contributed by atoms with E-state index in [1.54, 1.807) is 40.7 Å². The van der Waals surface area contributed by atoms with Crippen molar-refractivity contribution < 1.29 is 13.6 Å². The Labute approximate surface area is 151 Å². The maximum atomic E-state index is 13.9. The minimum atomic E-state index is -0.302. The zero-order valence-electron chi connectivity index (χ0n) is 13.1. The molecule has 0 atom stereocenters. The molecule has 3 nitrogen and oxygen atoms in total. The van der Waals surface area contributed by atoms with E-state index in [-0.39, 0.29) is 11.7 Å². The highest BCUT2D eigenvalue weighted by Gasteiger charge is 2.21. The number of hydrogen-bond donors (Lipinski definition) is 0. The van der Waals surface area contributed by atoms with Crippen molar-refractivity contribution in [2.75, 3.05) is 0 Å². The second kappa shape index (κ2) is 6.82. The summed E-state index contributed by atoms with van der Waals surface area (Å²) in [7, 11) is 0. The van der Waals surface area contributed by atoms with Gasteiger partial charge in [-0.3, -0.25) is 4.79 Å². The van der Waals surface area contributed by atoms with Gasteiger partial charge in [0, 0.05) is 15.0 Å². The molecule has 0 aliphatic rings. The molecule has 0 saturated heterocycles. The summed E-state index contributed by atoms with van der Waals surface area (Å²) < 4.78 is 20.1. The lowest BCUT2D eigenvalue weighted by atomic mass is 10.2. The zero-order chi connectivity index (χ0) is 17.2. The fourth-order valence-electron chi connectivity index (χ4n) is 2.67. The van der Waals surface area contributed by atoms with Gasteiger partial charge in [-0.15, -0.1) is 22.7 Å². The molecule has 0 radical (unpaired) electrons. The number of nitrogens with zero attached hydrogens (tertiary/aromatic N) is 1. The number of fused-ring (bicyclic) bond motifs is 1. The van der Waals surface area contributed by atoms with E-state index in [9.17, 15) is 9.18 Å². The molecule has 3 aromatic heterocycles. The van der Waals surface area contributed by atoms with Crippen LogP contribution in [0, 0.1) is 5.82 Å². The first kappa shape index (κ1) is 16.1. The molecular formula is C19H14FNO2S2. The number of halogens is 1. The Kier molecular flexibility index (Phi) is 4.38. The first-order chi connectivity index (χ1) is 12.2. The molecule has 4 rings (SSSR count). The van der Waals surface area contributed by atoms with Crippen molar-refractivity contribution in [3.63, 3.8) is 0 Å². The Bertz CT molecular complexity index is 954. The van der Waals surface area contributed by atoms with Crippen LogP contribution in [-0.2, 0) is 13.1 Å². The third kappa shape index (κ3) is 3.36. The first-order valence-electron chi connectivity index (χ1n) is 7.73. The zero-order valence-corrected chi connectivity index (χ0v) is 14.8. The van der Waals surface area contributed by atoms with Gasteiger partial charge in [0.25, 0.3) is 5.91 Å². The number of thiophene rings is 2. The molecule has 0 aliphatic heterocycles. The molecule has 25 heavy (non-hydrogen) atoms. The van der Waals surface area contributed by atoms with E-state index in [0.717, 1.165) is 15.3 Å². The molecule has 126 valence electrons. The molecule has 1 amide bonds. The number of carbonyl (C=O) groups excluding carboxylic acids is 1. The normalized spacial score (nSPS) is 11.1. The second-order valence-corrected chi connectivity index (χ2v) is 7.70. The summed E-state index contributed by atoms with van der Waals surface area (Å²) in [6.45, 7) is 0.869. The van der Waals surface area contributed by atoms with E-state index in [2.05, 4.69) is 0 Å². The van der Waals surface area contributed by atoms with E-state index in [1.165, 1.54) is 17.4 Å². The van der Waals surface area contributed by atoms with Crippen LogP contribution in [0.4, 0.5) is 4.39 Å². The molecule has 0 spiro atoms. The Hall–Kier alpha value is -2.44. The molecule has 0 aliphatic carbocycles. The second-order valence-electron chi connectivity index (χ2n) is 5.58. The van der Waals surface area contributed by atoms with Gasteiger partial charge in [-0.05, 0) is 41.8 Å². The summed E-state index contributed by atoms with van der Waals surface area (Å²) in [6.07, 6.45) is 1.60. The van der Waals surface area contributed by atoms with Crippen LogP contribution >= 0.6 is 22.7 Å². The molecule has 0 unspecified atom stereocenters. The predicted molar refractivity (Wildman–Crippen MR) is 98.4 cm³/mol. The van der Waals surface area contributed by atoms with Crippen LogP contribution < -0.4 is 0 Å². The van der Waals surface area contributed by atoms with Gasteiger partial charge in [0.1, 0.15) is 11.6 Å². The van der Waals surface area contributed by atoms with Crippen LogP contribution in [0.2, 0.25) is 0 Å². The summed E-state index contributed by atoms with van der Waals surface area (Å²) in [6, 6.07) is 14.2. The van der Waals surface area contributed by atoms with E-state index in [1.807, 2.05) is 29.6 Å². The third-order valence-electron chi connectivity index (χ3n) is 3.86. The lowest BCUT2D eigenvalue weighted by molar-refractivity contribution is 0.0724. The van der Waals surface area contributed by atoms with Crippen LogP contribution in [0.25, 0.3) is 10.1 Å². The molecule has 0 saturated carbocycles. The highest BCUT2D eigenvalue weighted by molar-refractivity contribution is 7.20. The monoisotopic (exact) mass is 371 g/mol. The standard InChI is InChI=1S/C19H14FNO2S2/c20-16-6-1-7-17-15(16)10-18(25-17)19(22)21(11-13-4-2-8-23-13)12-14-5-3-9-24-14/h1-10H,11-12H2. The van der Waals surface area contributed by atoms with Crippen molar-refractivity contribution >= 4 is 38.7 Å². The Balaban J connectivity index is 1.66. The number of furan rings is 1. The van der Waals surface area contributed by atoms with Gasteiger partial charge in [-0.2, -0.15) is 0 Å². The minimum Gasteiger partial charge on any atom is -0.467 e. The summed E-state index contributed by atoms with van der Waals surface area (Å²) in [5.74, 6) is 0.297. The van der Waals surface area contributed by atoms with Crippen molar-refractivity contribution in [1.29, 1.82) is 0 Å². The van der Waals surface area contributed by atoms with Crippen molar-refractivity contribution in [3.05, 3.63) is 81.5 Å². The highest BCUT2D eigenvalue weighted by atomic mass is 32.1. The average Bonchev–Trinajstić information content (AvgIpc) is 3.35. The van der Waals surface area contributed by atoms with Crippen LogP contribution in [0.1, 0.15) is 20.3 Å². The van der Waals surface area contributed by atoms with Crippen LogP contribution in [0.3, 0.4) is 0 Å². The maximum Gasteiger partial charge on any atom is 0.264 e. The minimum absolute atomic E-state index is 0.120. The molecule has 6 heteroatoms. The fourth-order valence-corrected chi connectivity index (χ4v) is 4.43. The van der Waals surface area contributed by atoms with Gasteiger partial charge in [0.2, 0.25) is 0 Å². The Morgan fingerprint density at radius 2 is 2.04 bits per heavy atom. The highest BCUT2D eigenvalue weighted by Crippen LogP contribution is 2.29. The Morgan fingerprint density at radius 1 is 1.12 bits per heavy atom. The number of benzene rings is 1. The molecular weight excluding hydrogens is 357 g/mol. The lowest BCUT2D eigenvalue weighted by Gasteiger charge is -2.20. The molecule has 0 fully saturated rings. The molecule has 4 aromatic rings. The van der Waals surface area contributed by atoms with Crippen LogP contribution in [0.15, 0.2) is 64.6 Å². The van der Waals surface area contributed by atoms with Crippen molar-refractivity contribution in [1.82, 2.24) is 4.90 Å². The third-order valence-corrected chi connectivity index (χ3v) is 5.81. The largest absolute Gasteiger partial charge is 0.467 e. The maximum absolute atomic E-state index is 13.9. The predicted octanol–water partition coefficient (Wildman–Crippen LogP) is 5.54. The average molecular weight is 371 g/mol. The number of rotatable bonds is 5. The van der Waals surface area contributed by atoms with E-state index in [4.69, 9.17) is 4.42 Å². The Morgan fingerprint density at radius 3 is 2.76 bits per heavy atom. The van der Waals surface area contributed by atoms with E-state index < -0.39 is 0 Å². The molecule has 3 heterocycles. The molecule has 0 bridgehead atoms. The quantitative estimate of drug-likeness (QED) is 0.462. The number of amides is 1. The van der Waals surface area contributed by atoms with Crippen LogP contribution in [-0.4, -0.2) is 10.8 Å². The molecule has 0 N–H and O–H groups in total. The SMILES string of the molecule is O=C(c1cc2c(F)cccc2s1)N(Cc1ccco1)Cc1cccs1. The van der Waals surface area contributed by atoms with Gasteiger partial charge in [0.05, 0.1) is 24.2 Å². The van der Waals surface area contributed by atoms with Crippen molar-refractivity contribution in [2.45, 2.75) is 13.1 Å². The van der Waals surface area contributed by atoms with Gasteiger partial charge in [-0.1, -0.05) is 12.1 Å². The summed E-state index contributed by atoms with van der Waals surface area (Å²) in [5, 5.41) is 2.48. The van der Waals surface area contributed by atoms with Crippen molar-refractivity contribution in [2.24, 2.45) is 0 Å². The fraction of sp³-hybridized carbons (Fsp3) is 0.105. The van der Waals surface area contributed by atoms with Crippen molar-refractivity contribution in [3.8, 4) is 0 Å². The number of carbonyl (C=O) groups is 1. The van der Waals surface area contributed by atoms with Gasteiger partial charge in [0.15, 0.2) is 0 Å². The lowest BCUT2D eigenvalue weighted by Crippen LogP contribution is -2.29. The smallest absolute Gasteiger partial charge is 0.264 e. The topological polar surface area (TPSA) is 33.5 Å². The summed E-state index contributed by atoms with van der Waals surface area (Å²) in [4.78, 5) is 16.4. The number of hydrogen-bond acceptors (Lipinski definition) is 4. The van der Waals surface area contributed by atoms with Gasteiger partial charge >= 0.3 is 0 Å². The molecule has 1 aromatic carbocycles. The van der Waals surface area contributed by atoms with E-state index in [0.29, 0.717) is 23.4 Å². The summed E-state index contributed by atoms with van der Waals surface area (Å²) >= 11 is 2.92. The van der Waals surface area contributed by atoms with Crippen LogP contribution in [0.5, 0.6) is 0 Å². The van der Waals surface area contributed by atoms with Gasteiger partial charge < -0.3 is 9.32 Å². The first-order valence-corrected chi connectivity index (χ1v) is 9.42. The summed E-state index contributed by atoms with van der Waals surface area (Å²) in [5.41, 5.74) is 0. The van der Waals surface area contributed by atoms with Gasteiger partial charge in [-0.25, -0.2) is 4.39 Å².